The summed E-state index contributed by atoms with van der Waals surface area (Å²) in [6.07, 6.45) is 2.31. The Morgan fingerprint density at radius 3 is 1.53 bits per heavy atom. The number of hydrogen-bond acceptors (Lipinski definition) is 0. The Kier molecular flexibility index (Phi) is 6.49. The van der Waals surface area contributed by atoms with Gasteiger partial charge in [0.1, 0.15) is 0 Å². The third-order valence-electron chi connectivity index (χ3n) is 2.86. The van der Waals surface area contributed by atoms with Crippen LogP contribution >= 0.6 is 9.24 Å². The van der Waals surface area contributed by atoms with Crippen molar-refractivity contribution >= 4 is 9.24 Å². The van der Waals surface area contributed by atoms with E-state index >= 15 is 0 Å². The van der Waals surface area contributed by atoms with E-state index in [9.17, 15) is 0 Å². The van der Waals surface area contributed by atoms with Gasteiger partial charge in [-0.1, -0.05) is 60.7 Å². The molecule has 1 unspecified atom stereocenters. The molecule has 0 saturated carbocycles. The monoisotopic (exact) mass is 286 g/mol. The van der Waals surface area contributed by atoms with Crippen LogP contribution in [0.4, 0.5) is 0 Å². The largest absolute Gasteiger partial charge is 0.138 e. The fraction of sp³-hybridized carbons (Fsp3) is 0.200. The Bertz CT molecular complexity index is 374. The van der Waals surface area contributed by atoms with E-state index in [4.69, 9.17) is 0 Å². The van der Waals surface area contributed by atoms with Gasteiger partial charge in [0.25, 0.3) is 0 Å². The molecule has 0 aliphatic carbocycles. The molecule has 2 aromatic carbocycles. The molecule has 0 aliphatic rings. The van der Waals surface area contributed by atoms with Crippen LogP contribution in [0.3, 0.4) is 0 Å². The SMILES string of the molecule is PCCC(c1ccccc1)c1ccccc1.[Ni]. The summed E-state index contributed by atoms with van der Waals surface area (Å²) in [5, 5.41) is 0. The first-order valence-electron chi connectivity index (χ1n) is 5.72. The summed E-state index contributed by atoms with van der Waals surface area (Å²) < 4.78 is 0. The molecule has 0 nitrogen and oxygen atoms in total. The molecule has 0 aliphatic heterocycles. The van der Waals surface area contributed by atoms with Gasteiger partial charge in [0.2, 0.25) is 0 Å². The van der Waals surface area contributed by atoms with Crippen molar-refractivity contribution in [2.45, 2.75) is 12.3 Å². The molecule has 0 fully saturated rings. The molecule has 17 heavy (non-hydrogen) atoms. The molecular formula is C15H17NiP. The van der Waals surface area contributed by atoms with Crippen LogP contribution in [0, 0.1) is 0 Å². The van der Waals surface area contributed by atoms with Crippen molar-refractivity contribution in [1.29, 1.82) is 0 Å². The number of benzene rings is 2. The Hall–Kier alpha value is -0.636. The normalized spacial score (nSPS) is 10.0. The summed E-state index contributed by atoms with van der Waals surface area (Å²) in [6.45, 7) is 0. The molecule has 0 amide bonds. The van der Waals surface area contributed by atoms with Gasteiger partial charge in [0.05, 0.1) is 0 Å². The van der Waals surface area contributed by atoms with Crippen LogP contribution in [-0.2, 0) is 16.5 Å². The number of hydrogen-bond donors (Lipinski definition) is 0. The van der Waals surface area contributed by atoms with Crippen LogP contribution in [0.1, 0.15) is 23.5 Å². The van der Waals surface area contributed by atoms with E-state index in [1.54, 1.807) is 0 Å². The first-order chi connectivity index (χ1) is 7.92. The average Bonchev–Trinajstić information content (AvgIpc) is 2.38. The summed E-state index contributed by atoms with van der Waals surface area (Å²) in [7, 11) is 2.82. The van der Waals surface area contributed by atoms with E-state index in [2.05, 4.69) is 69.9 Å². The number of rotatable bonds is 4. The fourth-order valence-electron chi connectivity index (χ4n) is 2.06. The Morgan fingerprint density at radius 1 is 0.765 bits per heavy atom. The predicted molar refractivity (Wildman–Crippen MR) is 73.9 cm³/mol. The molecule has 0 radical (unpaired) electrons. The van der Waals surface area contributed by atoms with Gasteiger partial charge in [0, 0.05) is 22.4 Å². The second kappa shape index (κ2) is 7.64. The topological polar surface area (TPSA) is 0 Å². The van der Waals surface area contributed by atoms with E-state index in [0.29, 0.717) is 5.92 Å². The predicted octanol–water partition coefficient (Wildman–Crippen LogP) is 4.08. The first kappa shape index (κ1) is 14.4. The molecule has 2 heteroatoms. The van der Waals surface area contributed by atoms with E-state index in [1.165, 1.54) is 17.5 Å². The van der Waals surface area contributed by atoms with Crippen LogP contribution < -0.4 is 0 Å². The van der Waals surface area contributed by atoms with Crippen molar-refractivity contribution in [3.8, 4) is 0 Å². The fourth-order valence-corrected chi connectivity index (χ4v) is 2.40. The minimum atomic E-state index is 0. The molecule has 0 aromatic heterocycles. The smallest absolute Gasteiger partial charge is 0.00925 e. The zero-order chi connectivity index (χ0) is 11.2. The minimum Gasteiger partial charge on any atom is -0.138 e. The summed E-state index contributed by atoms with van der Waals surface area (Å²) in [5.41, 5.74) is 2.83. The average molecular weight is 287 g/mol. The van der Waals surface area contributed by atoms with Crippen LogP contribution in [-0.4, -0.2) is 6.16 Å². The molecule has 92 valence electrons. The second-order valence-electron chi connectivity index (χ2n) is 3.95. The Labute approximate surface area is 116 Å². The zero-order valence-corrected chi connectivity index (χ0v) is 11.8. The Balaban J connectivity index is 0.00000144. The summed E-state index contributed by atoms with van der Waals surface area (Å²) in [6, 6.07) is 21.5. The van der Waals surface area contributed by atoms with Gasteiger partial charge in [-0.25, -0.2) is 0 Å². The zero-order valence-electron chi connectivity index (χ0n) is 9.66. The quantitative estimate of drug-likeness (QED) is 0.587. The third kappa shape index (κ3) is 3.95. The molecule has 0 spiro atoms. The van der Waals surface area contributed by atoms with Gasteiger partial charge in [-0.15, -0.1) is 9.24 Å². The summed E-state index contributed by atoms with van der Waals surface area (Å²) in [4.78, 5) is 0. The Morgan fingerprint density at radius 2 is 1.18 bits per heavy atom. The maximum Gasteiger partial charge on any atom is 0.00925 e. The first-order valence-corrected chi connectivity index (χ1v) is 6.53. The van der Waals surface area contributed by atoms with E-state index in [-0.39, 0.29) is 16.5 Å². The molecule has 0 saturated heterocycles. The molecule has 2 aromatic rings. The van der Waals surface area contributed by atoms with Crippen molar-refractivity contribution in [2.75, 3.05) is 6.16 Å². The van der Waals surface area contributed by atoms with Crippen molar-refractivity contribution in [2.24, 2.45) is 0 Å². The van der Waals surface area contributed by atoms with Gasteiger partial charge < -0.3 is 0 Å². The van der Waals surface area contributed by atoms with Crippen molar-refractivity contribution in [1.82, 2.24) is 0 Å². The summed E-state index contributed by atoms with van der Waals surface area (Å²) >= 11 is 0. The molecule has 2 rings (SSSR count). The van der Waals surface area contributed by atoms with Gasteiger partial charge in [-0.3, -0.25) is 0 Å². The maximum atomic E-state index is 2.82. The maximum absolute atomic E-state index is 2.82. The van der Waals surface area contributed by atoms with Crippen LogP contribution in [0.5, 0.6) is 0 Å². The van der Waals surface area contributed by atoms with Crippen LogP contribution in [0.2, 0.25) is 0 Å². The van der Waals surface area contributed by atoms with Crippen molar-refractivity contribution in [3.05, 3.63) is 71.8 Å². The van der Waals surface area contributed by atoms with E-state index in [0.717, 1.165) is 6.16 Å². The minimum absolute atomic E-state index is 0. The van der Waals surface area contributed by atoms with E-state index < -0.39 is 0 Å². The van der Waals surface area contributed by atoms with Gasteiger partial charge in [0.15, 0.2) is 0 Å². The van der Waals surface area contributed by atoms with Gasteiger partial charge in [-0.2, -0.15) is 0 Å². The molecule has 0 heterocycles. The molecule has 0 bridgehead atoms. The van der Waals surface area contributed by atoms with E-state index in [1.807, 2.05) is 0 Å². The van der Waals surface area contributed by atoms with Crippen LogP contribution in [0.15, 0.2) is 60.7 Å². The molecule has 0 N–H and O–H groups in total. The molecular weight excluding hydrogens is 270 g/mol. The second-order valence-corrected chi connectivity index (χ2v) is 4.53. The molecule has 1 atom stereocenters. The van der Waals surface area contributed by atoms with Gasteiger partial charge in [-0.05, 0) is 23.7 Å². The van der Waals surface area contributed by atoms with Crippen molar-refractivity contribution in [3.63, 3.8) is 0 Å². The van der Waals surface area contributed by atoms with Crippen molar-refractivity contribution < 1.29 is 16.5 Å². The van der Waals surface area contributed by atoms with Crippen LogP contribution in [0.25, 0.3) is 0 Å². The summed E-state index contributed by atoms with van der Waals surface area (Å²) in [5.74, 6) is 0.528. The third-order valence-corrected chi connectivity index (χ3v) is 3.19. The van der Waals surface area contributed by atoms with Gasteiger partial charge >= 0.3 is 0 Å². The standard InChI is InChI=1S/C15H17P.Ni/c16-12-11-15(13-7-3-1-4-8-13)14-9-5-2-6-10-14;/h1-10,15H,11-12,16H2;.